The third kappa shape index (κ3) is 3.36. The number of aromatic hydroxyl groups is 1. The highest BCUT2D eigenvalue weighted by molar-refractivity contribution is 6.58. The SMILES string of the molecule is COc1cc([C@H]2C3=CC[C@@H]4C(=O)NC(=O)[C@@H]4[C@@H]3C[C@@]3(Cl)C(=O)N(c4ccc(F)cc4)C(=O)[C@@]23Cl)cc(Cl)c1O. The number of nitrogens with one attached hydrogen (secondary N) is 1. The Bertz CT molecular complexity index is 1510. The Balaban J connectivity index is 1.60. The number of phenols is 1. The molecule has 8 nitrogen and oxygen atoms in total. The number of amides is 4. The fourth-order valence-electron chi connectivity index (χ4n) is 6.60. The number of rotatable bonds is 3. The van der Waals surface area contributed by atoms with E-state index in [0.29, 0.717) is 11.1 Å². The van der Waals surface area contributed by atoms with Crippen LogP contribution in [0.25, 0.3) is 0 Å². The van der Waals surface area contributed by atoms with Crippen LogP contribution in [0.2, 0.25) is 5.02 Å². The van der Waals surface area contributed by atoms with Crippen molar-refractivity contribution in [2.75, 3.05) is 12.0 Å². The summed E-state index contributed by atoms with van der Waals surface area (Å²) in [7, 11) is 1.32. The van der Waals surface area contributed by atoms with Crippen molar-refractivity contribution >= 4 is 64.1 Å². The molecule has 2 aliphatic carbocycles. The molecule has 0 aromatic heterocycles. The molecule has 2 heterocycles. The van der Waals surface area contributed by atoms with Crippen LogP contribution in [0.5, 0.6) is 11.5 Å². The van der Waals surface area contributed by atoms with Gasteiger partial charge in [0.05, 0.1) is 29.7 Å². The molecular formula is C27H20Cl3FN2O6. The first-order chi connectivity index (χ1) is 18.4. The van der Waals surface area contributed by atoms with Crippen LogP contribution in [0, 0.1) is 23.6 Å². The van der Waals surface area contributed by atoms with Gasteiger partial charge >= 0.3 is 0 Å². The van der Waals surface area contributed by atoms with Crippen LogP contribution in [0.4, 0.5) is 10.1 Å². The fraction of sp³-hybridized carbons (Fsp3) is 0.333. The summed E-state index contributed by atoms with van der Waals surface area (Å²) in [5, 5.41) is 12.6. The van der Waals surface area contributed by atoms with E-state index >= 15 is 0 Å². The molecule has 4 aliphatic rings. The second-order valence-electron chi connectivity index (χ2n) is 10.2. The Morgan fingerprint density at radius 1 is 1.05 bits per heavy atom. The van der Waals surface area contributed by atoms with Gasteiger partial charge in [-0.05, 0) is 60.7 Å². The fourth-order valence-corrected chi connectivity index (χ4v) is 7.75. The van der Waals surface area contributed by atoms with Crippen LogP contribution in [0.15, 0.2) is 48.0 Å². The van der Waals surface area contributed by atoms with Gasteiger partial charge < -0.3 is 9.84 Å². The zero-order valence-corrected chi connectivity index (χ0v) is 22.5. The van der Waals surface area contributed by atoms with Gasteiger partial charge in [-0.25, -0.2) is 9.29 Å². The van der Waals surface area contributed by atoms with Gasteiger partial charge in [0, 0.05) is 5.92 Å². The smallest absolute Gasteiger partial charge is 0.258 e. The lowest BCUT2D eigenvalue weighted by molar-refractivity contribution is -0.127. The molecular weight excluding hydrogens is 574 g/mol. The van der Waals surface area contributed by atoms with Crippen LogP contribution >= 0.6 is 34.8 Å². The molecule has 3 fully saturated rings. The van der Waals surface area contributed by atoms with E-state index in [9.17, 15) is 28.7 Å². The minimum absolute atomic E-state index is 0.00435. The molecule has 39 heavy (non-hydrogen) atoms. The Hall–Kier alpha value is -3.14. The third-order valence-electron chi connectivity index (χ3n) is 8.34. The number of hydrogen-bond donors (Lipinski definition) is 2. The van der Waals surface area contributed by atoms with Gasteiger partial charge in [-0.3, -0.25) is 24.5 Å². The number of imide groups is 2. The van der Waals surface area contributed by atoms with E-state index in [2.05, 4.69) is 5.32 Å². The monoisotopic (exact) mass is 592 g/mol. The molecule has 12 heteroatoms. The quantitative estimate of drug-likeness (QED) is 0.316. The number of carbonyl (C=O) groups is 4. The van der Waals surface area contributed by atoms with Gasteiger partial charge in [-0.15, -0.1) is 23.2 Å². The van der Waals surface area contributed by atoms with Crippen LogP contribution in [0.1, 0.15) is 24.3 Å². The lowest BCUT2D eigenvalue weighted by Crippen LogP contribution is -2.60. The van der Waals surface area contributed by atoms with Crippen molar-refractivity contribution in [1.29, 1.82) is 0 Å². The number of hydrogen-bond acceptors (Lipinski definition) is 6. The maximum absolute atomic E-state index is 14.2. The van der Waals surface area contributed by atoms with Gasteiger partial charge in [-0.2, -0.15) is 0 Å². The number of methoxy groups -OCH3 is 1. The standard InChI is InChI=1S/C27H20Cl3FN2O6/c1-39-18-9-11(8-17(28)21(18)34)20-14-6-7-15-19(23(36)32-22(15)35)16(14)10-26(29)24(37)33(25(38)27(20,26)30)13-4-2-12(31)3-5-13/h2-6,8-9,15-16,19-20,34H,7,10H2,1H3,(H,32,35,36)/t15-,16+,19-,20-,26+,27-/m0/s1. The summed E-state index contributed by atoms with van der Waals surface area (Å²) in [6.45, 7) is 0. The summed E-state index contributed by atoms with van der Waals surface area (Å²) >= 11 is 20.7. The van der Waals surface area contributed by atoms with E-state index in [1.807, 2.05) is 0 Å². The van der Waals surface area contributed by atoms with Crippen molar-refractivity contribution in [3.05, 3.63) is 64.5 Å². The molecule has 1 saturated carbocycles. The Labute approximate surface area is 236 Å². The number of carbonyl (C=O) groups excluding carboxylic acids is 4. The zero-order chi connectivity index (χ0) is 28.0. The number of anilines is 1. The van der Waals surface area contributed by atoms with Crippen LogP contribution in [-0.4, -0.2) is 45.6 Å². The summed E-state index contributed by atoms with van der Waals surface area (Å²) in [6.07, 6.45) is 1.77. The Morgan fingerprint density at radius 2 is 1.74 bits per heavy atom. The lowest BCUT2D eigenvalue weighted by atomic mass is 9.56. The number of benzene rings is 2. The highest BCUT2D eigenvalue weighted by Crippen LogP contribution is 2.65. The molecule has 2 N–H and O–H groups in total. The van der Waals surface area contributed by atoms with Crippen LogP contribution < -0.4 is 15.0 Å². The van der Waals surface area contributed by atoms with Gasteiger partial charge in [0.25, 0.3) is 11.8 Å². The molecule has 2 saturated heterocycles. The summed E-state index contributed by atoms with van der Waals surface area (Å²) < 4.78 is 19.0. The Morgan fingerprint density at radius 3 is 2.41 bits per heavy atom. The largest absolute Gasteiger partial charge is 0.503 e. The van der Waals surface area contributed by atoms with Crippen molar-refractivity contribution in [3.63, 3.8) is 0 Å². The number of ether oxygens (including phenoxy) is 1. The molecule has 2 aliphatic heterocycles. The molecule has 6 rings (SSSR count). The zero-order valence-electron chi connectivity index (χ0n) is 20.2. The molecule has 202 valence electrons. The van der Waals surface area contributed by atoms with Gasteiger partial charge in [0.1, 0.15) is 5.82 Å². The van der Waals surface area contributed by atoms with Gasteiger partial charge in [0.15, 0.2) is 21.2 Å². The predicted octanol–water partition coefficient (Wildman–Crippen LogP) is 4.04. The van der Waals surface area contributed by atoms with Gasteiger partial charge in [-0.1, -0.05) is 23.3 Å². The van der Waals surface area contributed by atoms with Crippen molar-refractivity contribution < 1.29 is 33.4 Å². The van der Waals surface area contributed by atoms with E-state index in [1.54, 1.807) is 6.08 Å². The van der Waals surface area contributed by atoms with Gasteiger partial charge in [0.2, 0.25) is 11.8 Å². The minimum Gasteiger partial charge on any atom is -0.503 e. The molecule has 0 radical (unpaired) electrons. The number of fused-ring (bicyclic) bond motifs is 4. The summed E-state index contributed by atoms with van der Waals surface area (Å²) in [6, 6.07) is 7.58. The van der Waals surface area contributed by atoms with E-state index in [-0.39, 0.29) is 35.1 Å². The summed E-state index contributed by atoms with van der Waals surface area (Å²) in [5.74, 6) is -6.79. The minimum atomic E-state index is -2.11. The normalized spacial score (nSPS) is 33.4. The van der Waals surface area contributed by atoms with E-state index in [1.165, 1.54) is 31.4 Å². The average molecular weight is 594 g/mol. The first-order valence-corrected chi connectivity index (χ1v) is 13.2. The van der Waals surface area contributed by atoms with E-state index in [4.69, 9.17) is 39.5 Å². The van der Waals surface area contributed by atoms with E-state index in [0.717, 1.165) is 17.0 Å². The molecule has 4 amide bonds. The molecule has 0 spiro atoms. The summed E-state index contributed by atoms with van der Waals surface area (Å²) in [4.78, 5) is 50.3. The first kappa shape index (κ1) is 26.1. The highest BCUT2D eigenvalue weighted by atomic mass is 35.5. The van der Waals surface area contributed by atoms with E-state index < -0.39 is 62.9 Å². The molecule has 2 aromatic rings. The molecule has 0 unspecified atom stereocenters. The predicted molar refractivity (Wildman–Crippen MR) is 139 cm³/mol. The highest BCUT2D eigenvalue weighted by Gasteiger charge is 2.76. The van der Waals surface area contributed by atoms with Crippen LogP contribution in [0.3, 0.4) is 0 Å². The number of nitrogens with zero attached hydrogens (tertiary/aromatic N) is 1. The topological polar surface area (TPSA) is 113 Å². The third-order valence-corrected chi connectivity index (χ3v) is 10.0. The number of halogens is 4. The van der Waals surface area contributed by atoms with Crippen molar-refractivity contribution in [2.24, 2.45) is 17.8 Å². The second kappa shape index (κ2) is 8.68. The lowest BCUT2D eigenvalue weighted by Gasteiger charge is -2.50. The average Bonchev–Trinajstić information content (AvgIpc) is 3.27. The van der Waals surface area contributed by atoms with Crippen molar-refractivity contribution in [2.45, 2.75) is 28.5 Å². The first-order valence-electron chi connectivity index (χ1n) is 12.1. The number of allylic oxidation sites excluding steroid dienone is 2. The maximum atomic E-state index is 14.2. The van der Waals surface area contributed by atoms with Crippen molar-refractivity contribution in [3.8, 4) is 11.5 Å². The maximum Gasteiger partial charge on any atom is 0.258 e. The summed E-state index contributed by atoms with van der Waals surface area (Å²) in [5.41, 5.74) is 0.943. The Kier molecular flexibility index (Phi) is 5.81. The van der Waals surface area contributed by atoms with Crippen molar-refractivity contribution in [1.82, 2.24) is 5.32 Å². The number of alkyl halides is 2. The molecule has 0 bridgehead atoms. The molecule has 6 atom stereocenters. The molecule has 2 aromatic carbocycles. The number of phenolic OH excluding ortho intramolecular Hbond substituents is 1. The second-order valence-corrected chi connectivity index (χ2v) is 11.8. The van der Waals surface area contributed by atoms with Crippen LogP contribution in [-0.2, 0) is 19.2 Å².